The Hall–Kier alpha value is -3.15. The van der Waals surface area contributed by atoms with Gasteiger partial charge in [-0.05, 0) is 29.7 Å². The minimum atomic E-state index is 0.395. The van der Waals surface area contributed by atoms with E-state index in [4.69, 9.17) is 4.74 Å². The van der Waals surface area contributed by atoms with Gasteiger partial charge in [-0.3, -0.25) is 0 Å². The van der Waals surface area contributed by atoms with Gasteiger partial charge >= 0.3 is 0 Å². The maximum absolute atomic E-state index is 5.34. The molecule has 3 rings (SSSR count). The van der Waals surface area contributed by atoms with Gasteiger partial charge in [-0.15, -0.1) is 5.10 Å². The summed E-state index contributed by atoms with van der Waals surface area (Å²) in [5, 5.41) is 14.6. The molecule has 6 heteroatoms. The van der Waals surface area contributed by atoms with Crippen LogP contribution in [0, 0.1) is 0 Å². The molecule has 0 aliphatic carbocycles. The van der Waals surface area contributed by atoms with Crippen molar-refractivity contribution in [1.29, 1.82) is 0 Å². The molecule has 2 aromatic carbocycles. The second kappa shape index (κ2) is 7.61. The lowest BCUT2D eigenvalue weighted by atomic mass is 10.0. The number of benzene rings is 2. The first-order valence-corrected chi connectivity index (χ1v) is 8.13. The van der Waals surface area contributed by atoms with E-state index in [9.17, 15) is 0 Å². The van der Waals surface area contributed by atoms with Crippen molar-refractivity contribution < 1.29 is 4.74 Å². The maximum atomic E-state index is 5.34. The lowest BCUT2D eigenvalue weighted by Crippen LogP contribution is -2.05. The average Bonchev–Trinajstić information content (AvgIpc) is 2.63. The molecule has 0 fully saturated rings. The quantitative estimate of drug-likeness (QED) is 0.691. The van der Waals surface area contributed by atoms with E-state index in [1.807, 2.05) is 42.5 Å². The largest absolute Gasteiger partial charge is 0.495 e. The summed E-state index contributed by atoms with van der Waals surface area (Å²) in [4.78, 5) is 4.49. The third-order valence-corrected chi connectivity index (χ3v) is 3.76. The minimum Gasteiger partial charge on any atom is -0.495 e. The van der Waals surface area contributed by atoms with Crippen molar-refractivity contribution >= 4 is 23.1 Å². The van der Waals surface area contributed by atoms with E-state index in [2.05, 4.69) is 45.7 Å². The van der Waals surface area contributed by atoms with Gasteiger partial charge in [0, 0.05) is 5.69 Å². The molecule has 0 aliphatic heterocycles. The van der Waals surface area contributed by atoms with Crippen LogP contribution in [0.4, 0.5) is 23.1 Å². The van der Waals surface area contributed by atoms with Gasteiger partial charge in [0.15, 0.2) is 5.82 Å². The Morgan fingerprint density at radius 2 is 1.64 bits per heavy atom. The first-order chi connectivity index (χ1) is 12.2. The second-order valence-corrected chi connectivity index (χ2v) is 5.86. The first kappa shape index (κ1) is 16.7. The van der Waals surface area contributed by atoms with Crippen molar-refractivity contribution in [1.82, 2.24) is 15.2 Å². The molecule has 0 aliphatic rings. The van der Waals surface area contributed by atoms with Crippen molar-refractivity contribution in [2.24, 2.45) is 0 Å². The zero-order valence-electron chi connectivity index (χ0n) is 14.5. The van der Waals surface area contributed by atoms with E-state index in [-0.39, 0.29) is 0 Å². The van der Waals surface area contributed by atoms with E-state index in [1.54, 1.807) is 13.3 Å². The zero-order valence-corrected chi connectivity index (χ0v) is 14.5. The third kappa shape index (κ3) is 4.03. The summed E-state index contributed by atoms with van der Waals surface area (Å²) in [6.45, 7) is 4.30. The Balaban J connectivity index is 1.83. The third-order valence-electron chi connectivity index (χ3n) is 3.76. The number of para-hydroxylation sites is 3. The van der Waals surface area contributed by atoms with E-state index in [0.29, 0.717) is 17.7 Å². The molecule has 0 atom stereocenters. The average molecular weight is 335 g/mol. The van der Waals surface area contributed by atoms with Gasteiger partial charge in [0.05, 0.1) is 19.0 Å². The predicted octanol–water partition coefficient (Wildman–Crippen LogP) is 4.49. The van der Waals surface area contributed by atoms with Crippen LogP contribution in [0.1, 0.15) is 25.3 Å². The monoisotopic (exact) mass is 335 g/mol. The summed E-state index contributed by atoms with van der Waals surface area (Å²) in [5.74, 6) is 2.16. The van der Waals surface area contributed by atoms with Crippen LogP contribution < -0.4 is 15.4 Å². The van der Waals surface area contributed by atoms with Crippen molar-refractivity contribution in [2.45, 2.75) is 19.8 Å². The molecular formula is C19H21N5O. The summed E-state index contributed by atoms with van der Waals surface area (Å²) < 4.78 is 5.34. The van der Waals surface area contributed by atoms with Gasteiger partial charge in [-0.25, -0.2) is 0 Å². The van der Waals surface area contributed by atoms with Crippen molar-refractivity contribution in [2.75, 3.05) is 17.7 Å². The molecule has 0 bridgehead atoms. The number of aromatic nitrogens is 3. The SMILES string of the molecule is COc1ccccc1Nc1cnnc(Nc2ccccc2C(C)C)n1. The number of hydrogen-bond donors (Lipinski definition) is 2. The lowest BCUT2D eigenvalue weighted by Gasteiger charge is -2.14. The molecular weight excluding hydrogens is 314 g/mol. The highest BCUT2D eigenvalue weighted by molar-refractivity contribution is 5.65. The van der Waals surface area contributed by atoms with Gasteiger partial charge < -0.3 is 15.4 Å². The number of rotatable bonds is 6. The first-order valence-electron chi connectivity index (χ1n) is 8.13. The summed E-state index contributed by atoms with van der Waals surface area (Å²) >= 11 is 0. The molecule has 0 radical (unpaired) electrons. The molecule has 0 saturated carbocycles. The highest BCUT2D eigenvalue weighted by atomic mass is 16.5. The number of methoxy groups -OCH3 is 1. The zero-order chi connectivity index (χ0) is 17.6. The van der Waals surface area contributed by atoms with Gasteiger partial charge in [0.1, 0.15) is 5.75 Å². The van der Waals surface area contributed by atoms with Crippen LogP contribution in [0.25, 0.3) is 0 Å². The summed E-state index contributed by atoms with van der Waals surface area (Å²) in [6.07, 6.45) is 1.58. The fraction of sp³-hybridized carbons (Fsp3) is 0.211. The molecule has 0 saturated heterocycles. The molecule has 128 valence electrons. The Morgan fingerprint density at radius 1 is 0.920 bits per heavy atom. The van der Waals surface area contributed by atoms with Gasteiger partial charge in [-0.1, -0.05) is 44.2 Å². The number of anilines is 4. The maximum Gasteiger partial charge on any atom is 0.249 e. The van der Waals surface area contributed by atoms with Crippen LogP contribution in [-0.4, -0.2) is 22.3 Å². The Bertz CT molecular complexity index is 850. The van der Waals surface area contributed by atoms with Crippen molar-refractivity contribution in [3.05, 3.63) is 60.3 Å². The molecule has 0 unspecified atom stereocenters. The number of hydrogen-bond acceptors (Lipinski definition) is 6. The van der Waals surface area contributed by atoms with Crippen molar-refractivity contribution in [3.63, 3.8) is 0 Å². The Morgan fingerprint density at radius 3 is 2.40 bits per heavy atom. The summed E-state index contributed by atoms with van der Waals surface area (Å²) in [6, 6.07) is 15.8. The van der Waals surface area contributed by atoms with Crippen LogP contribution in [0.2, 0.25) is 0 Å². The number of nitrogens with zero attached hydrogens (tertiary/aromatic N) is 3. The van der Waals surface area contributed by atoms with Crippen LogP contribution in [0.5, 0.6) is 5.75 Å². The Kier molecular flexibility index (Phi) is 5.09. The second-order valence-electron chi connectivity index (χ2n) is 5.86. The molecule has 3 aromatic rings. The van der Waals surface area contributed by atoms with E-state index in [0.717, 1.165) is 17.1 Å². The molecule has 6 nitrogen and oxygen atoms in total. The fourth-order valence-electron chi connectivity index (χ4n) is 2.54. The number of nitrogens with one attached hydrogen (secondary N) is 2. The van der Waals surface area contributed by atoms with Gasteiger partial charge in [-0.2, -0.15) is 10.1 Å². The van der Waals surface area contributed by atoms with Gasteiger partial charge in [0.2, 0.25) is 5.95 Å². The smallest absolute Gasteiger partial charge is 0.249 e. The van der Waals surface area contributed by atoms with E-state index >= 15 is 0 Å². The molecule has 1 heterocycles. The standard InChI is InChI=1S/C19H21N5O/c1-13(2)14-8-4-5-9-15(14)22-19-23-18(12-20-24-19)21-16-10-6-7-11-17(16)25-3/h4-13H,1-3H3,(H2,21,22,23,24). The number of ether oxygens (including phenoxy) is 1. The summed E-state index contributed by atoms with van der Waals surface area (Å²) in [7, 11) is 1.63. The molecule has 0 amide bonds. The topological polar surface area (TPSA) is 72.0 Å². The lowest BCUT2D eigenvalue weighted by molar-refractivity contribution is 0.417. The van der Waals surface area contributed by atoms with E-state index in [1.165, 1.54) is 5.56 Å². The van der Waals surface area contributed by atoms with Crippen LogP contribution in [-0.2, 0) is 0 Å². The fourth-order valence-corrected chi connectivity index (χ4v) is 2.54. The highest BCUT2D eigenvalue weighted by Crippen LogP contribution is 2.28. The highest BCUT2D eigenvalue weighted by Gasteiger charge is 2.09. The van der Waals surface area contributed by atoms with Gasteiger partial charge in [0.25, 0.3) is 0 Å². The van der Waals surface area contributed by atoms with Crippen LogP contribution in [0.15, 0.2) is 54.7 Å². The molecule has 1 aromatic heterocycles. The molecule has 25 heavy (non-hydrogen) atoms. The van der Waals surface area contributed by atoms with Crippen LogP contribution in [0.3, 0.4) is 0 Å². The van der Waals surface area contributed by atoms with Crippen molar-refractivity contribution in [3.8, 4) is 5.75 Å². The van der Waals surface area contributed by atoms with Crippen LogP contribution >= 0.6 is 0 Å². The minimum absolute atomic E-state index is 0.395. The normalized spacial score (nSPS) is 10.6. The Labute approximate surface area is 147 Å². The molecule has 0 spiro atoms. The van der Waals surface area contributed by atoms with E-state index < -0.39 is 0 Å². The molecule has 2 N–H and O–H groups in total. The predicted molar refractivity (Wildman–Crippen MR) is 99.9 cm³/mol. The summed E-state index contributed by atoms with van der Waals surface area (Å²) in [5.41, 5.74) is 3.00.